The van der Waals surface area contributed by atoms with Crippen LogP contribution in [0.1, 0.15) is 117 Å². The Bertz CT molecular complexity index is 344. The summed E-state index contributed by atoms with van der Waals surface area (Å²) in [6.07, 6.45) is 20.2. The SMILES string of the molecule is C=C(C)C(=O)O.CCCCCCCCCCCCCCCCCC(=O)O.[Cu]. The van der Waals surface area contributed by atoms with Crippen LogP contribution in [0, 0.1) is 0 Å². The molecular formula is C22H42CuO4. The van der Waals surface area contributed by atoms with Gasteiger partial charge in [-0.1, -0.05) is 103 Å². The summed E-state index contributed by atoms with van der Waals surface area (Å²) in [5, 5.41) is 16.4. The fourth-order valence-corrected chi connectivity index (χ4v) is 2.65. The van der Waals surface area contributed by atoms with Gasteiger partial charge in [0.05, 0.1) is 0 Å². The van der Waals surface area contributed by atoms with Crippen molar-refractivity contribution in [1.82, 2.24) is 0 Å². The molecule has 0 fully saturated rings. The molecule has 0 heterocycles. The van der Waals surface area contributed by atoms with Crippen LogP contribution in [0.5, 0.6) is 0 Å². The van der Waals surface area contributed by atoms with Gasteiger partial charge in [-0.05, 0) is 13.3 Å². The van der Waals surface area contributed by atoms with Crippen LogP contribution in [0.3, 0.4) is 0 Å². The van der Waals surface area contributed by atoms with Gasteiger partial charge in [0.2, 0.25) is 0 Å². The fraction of sp³-hybridized carbons (Fsp3) is 0.818. The van der Waals surface area contributed by atoms with Gasteiger partial charge in [0.15, 0.2) is 0 Å². The molecule has 0 aliphatic rings. The molecule has 27 heavy (non-hydrogen) atoms. The van der Waals surface area contributed by atoms with E-state index in [2.05, 4.69) is 13.5 Å². The third kappa shape index (κ3) is 33.2. The summed E-state index contributed by atoms with van der Waals surface area (Å²) in [6.45, 7) is 6.87. The first kappa shape index (κ1) is 30.9. The summed E-state index contributed by atoms with van der Waals surface area (Å²) < 4.78 is 0. The third-order valence-corrected chi connectivity index (χ3v) is 4.36. The molecule has 0 aromatic heterocycles. The van der Waals surface area contributed by atoms with E-state index in [4.69, 9.17) is 10.2 Å². The Hall–Kier alpha value is -0.801. The Labute approximate surface area is 177 Å². The van der Waals surface area contributed by atoms with Gasteiger partial charge in [0.25, 0.3) is 0 Å². The second kappa shape index (κ2) is 25.2. The Morgan fingerprint density at radius 3 is 1.15 bits per heavy atom. The van der Waals surface area contributed by atoms with Crippen molar-refractivity contribution in [2.24, 2.45) is 0 Å². The summed E-state index contributed by atoms with van der Waals surface area (Å²) >= 11 is 0. The average molecular weight is 434 g/mol. The Kier molecular flexibility index (Phi) is 28.9. The molecule has 1 radical (unpaired) electrons. The minimum atomic E-state index is -0.935. The van der Waals surface area contributed by atoms with E-state index in [1.807, 2.05) is 0 Å². The van der Waals surface area contributed by atoms with Gasteiger partial charge >= 0.3 is 11.9 Å². The molecule has 0 saturated heterocycles. The Morgan fingerprint density at radius 2 is 0.926 bits per heavy atom. The van der Waals surface area contributed by atoms with Crippen LogP contribution >= 0.6 is 0 Å². The minimum Gasteiger partial charge on any atom is -0.481 e. The van der Waals surface area contributed by atoms with E-state index < -0.39 is 11.9 Å². The molecule has 165 valence electrons. The van der Waals surface area contributed by atoms with Crippen LogP contribution in [-0.2, 0) is 26.7 Å². The van der Waals surface area contributed by atoms with Crippen molar-refractivity contribution in [2.45, 2.75) is 117 Å². The first-order valence-electron chi connectivity index (χ1n) is 10.5. The van der Waals surface area contributed by atoms with Gasteiger partial charge < -0.3 is 10.2 Å². The van der Waals surface area contributed by atoms with Crippen LogP contribution in [0.2, 0.25) is 0 Å². The van der Waals surface area contributed by atoms with Crippen LogP contribution in [0.25, 0.3) is 0 Å². The second-order valence-corrected chi connectivity index (χ2v) is 7.18. The standard InChI is InChI=1S/C18H36O2.C4H6O2.Cu/c1-2-3-4-5-6-7-8-9-10-11-12-13-14-15-16-17-18(19)20;1-3(2)4(5)6;/h2-17H2,1H3,(H,19,20);1H2,2H3,(H,5,6);. The van der Waals surface area contributed by atoms with Gasteiger partial charge in [-0.2, -0.15) is 0 Å². The number of aliphatic carboxylic acids is 2. The minimum absolute atomic E-state index is 0. The molecule has 5 heteroatoms. The van der Waals surface area contributed by atoms with Crippen molar-refractivity contribution in [2.75, 3.05) is 0 Å². The zero-order chi connectivity index (χ0) is 20.0. The molecule has 0 aromatic rings. The smallest absolute Gasteiger partial charge is 0.330 e. The van der Waals surface area contributed by atoms with E-state index >= 15 is 0 Å². The molecule has 0 atom stereocenters. The van der Waals surface area contributed by atoms with Crippen LogP contribution in [0.15, 0.2) is 12.2 Å². The maximum absolute atomic E-state index is 10.3. The predicted octanol–water partition coefficient (Wildman–Crippen LogP) is 6.98. The summed E-state index contributed by atoms with van der Waals surface area (Å²) in [7, 11) is 0. The van der Waals surface area contributed by atoms with Gasteiger partial charge in [0.1, 0.15) is 0 Å². The monoisotopic (exact) mass is 433 g/mol. The first-order valence-corrected chi connectivity index (χ1v) is 10.5. The number of carboxylic acids is 2. The number of carboxylic acid groups (broad SMARTS) is 2. The molecule has 0 amide bonds. The third-order valence-electron chi connectivity index (χ3n) is 4.36. The summed E-state index contributed by atoms with van der Waals surface area (Å²) in [5.41, 5.74) is 0.176. The molecule has 0 aliphatic heterocycles. The van der Waals surface area contributed by atoms with E-state index in [0.717, 1.165) is 12.8 Å². The Morgan fingerprint density at radius 1 is 0.667 bits per heavy atom. The second-order valence-electron chi connectivity index (χ2n) is 7.18. The molecule has 2 N–H and O–H groups in total. The summed E-state index contributed by atoms with van der Waals surface area (Å²) in [5.74, 6) is -1.59. The topological polar surface area (TPSA) is 74.6 Å². The quantitative estimate of drug-likeness (QED) is 0.147. The number of hydrogen-bond donors (Lipinski definition) is 2. The zero-order valence-electron chi connectivity index (χ0n) is 17.5. The van der Waals surface area contributed by atoms with E-state index in [9.17, 15) is 9.59 Å². The van der Waals surface area contributed by atoms with E-state index in [0.29, 0.717) is 6.42 Å². The Balaban J connectivity index is -0.000000709. The molecule has 4 nitrogen and oxygen atoms in total. The van der Waals surface area contributed by atoms with Gasteiger partial charge in [-0.25, -0.2) is 4.79 Å². The van der Waals surface area contributed by atoms with E-state index in [-0.39, 0.29) is 22.6 Å². The van der Waals surface area contributed by atoms with Crippen molar-refractivity contribution in [1.29, 1.82) is 0 Å². The molecule has 0 aromatic carbocycles. The molecule has 0 aliphatic carbocycles. The number of unbranched alkanes of at least 4 members (excludes halogenated alkanes) is 14. The van der Waals surface area contributed by atoms with Crippen LogP contribution in [-0.4, -0.2) is 22.2 Å². The zero-order valence-corrected chi connectivity index (χ0v) is 18.5. The molecule has 0 unspecified atom stereocenters. The molecule has 0 saturated carbocycles. The summed E-state index contributed by atoms with van der Waals surface area (Å²) in [6, 6.07) is 0. The maximum Gasteiger partial charge on any atom is 0.330 e. The van der Waals surface area contributed by atoms with E-state index in [1.54, 1.807) is 0 Å². The van der Waals surface area contributed by atoms with Crippen LogP contribution in [0.4, 0.5) is 0 Å². The number of carbonyl (C=O) groups is 2. The van der Waals surface area contributed by atoms with Gasteiger partial charge in [0, 0.05) is 29.1 Å². The molecule has 0 bridgehead atoms. The average Bonchev–Trinajstić information content (AvgIpc) is 2.58. The van der Waals surface area contributed by atoms with Crippen molar-refractivity contribution in [3.05, 3.63) is 12.2 Å². The van der Waals surface area contributed by atoms with Gasteiger partial charge in [-0.15, -0.1) is 0 Å². The van der Waals surface area contributed by atoms with Crippen molar-refractivity contribution in [3.8, 4) is 0 Å². The summed E-state index contributed by atoms with van der Waals surface area (Å²) in [4.78, 5) is 19.9. The van der Waals surface area contributed by atoms with Crippen LogP contribution < -0.4 is 0 Å². The fourth-order valence-electron chi connectivity index (χ4n) is 2.65. The molecule has 0 rings (SSSR count). The largest absolute Gasteiger partial charge is 0.481 e. The van der Waals surface area contributed by atoms with E-state index in [1.165, 1.54) is 90.4 Å². The van der Waals surface area contributed by atoms with Gasteiger partial charge in [-0.3, -0.25) is 4.79 Å². The van der Waals surface area contributed by atoms with Crippen molar-refractivity contribution >= 4 is 11.9 Å². The predicted molar refractivity (Wildman–Crippen MR) is 110 cm³/mol. The first-order chi connectivity index (χ1) is 12.4. The number of hydrogen-bond acceptors (Lipinski definition) is 2. The normalized spacial score (nSPS) is 9.70. The molecular weight excluding hydrogens is 392 g/mol. The molecule has 0 spiro atoms. The maximum atomic E-state index is 10.3. The number of rotatable bonds is 17. The van der Waals surface area contributed by atoms with Crippen molar-refractivity contribution < 1.29 is 36.9 Å². The van der Waals surface area contributed by atoms with Crippen molar-refractivity contribution in [3.63, 3.8) is 0 Å².